The third kappa shape index (κ3) is 4.07. The molecule has 1 aliphatic heterocycles. The summed E-state index contributed by atoms with van der Waals surface area (Å²) in [5, 5.41) is 11.3. The first-order valence-electron chi connectivity index (χ1n) is 7.47. The average molecular weight is 323 g/mol. The van der Waals surface area contributed by atoms with Gasteiger partial charge in [0.1, 0.15) is 12.1 Å². The molecule has 1 fully saturated rings. The van der Waals surface area contributed by atoms with Crippen LogP contribution >= 0.6 is 0 Å². The molecule has 1 aromatic heterocycles. The van der Waals surface area contributed by atoms with Gasteiger partial charge >= 0.3 is 5.97 Å². The number of hydrogen-bond acceptors (Lipinski definition) is 5. The van der Waals surface area contributed by atoms with Crippen LogP contribution < -0.4 is 11.1 Å². The number of nitrogens with one attached hydrogen (secondary N) is 2. The summed E-state index contributed by atoms with van der Waals surface area (Å²) in [6.45, 7) is 1.82. The Morgan fingerprint density at radius 2 is 2.30 bits per heavy atom. The standard InChI is InChI=1S/C14H21N5O4/c1-8(14(22)23)18-12(20)11-3-2-4-19(11)13(21)10(15)5-9-6-16-7-17-9/h6-8,10-11H,2-5,15H2,1H3,(H,16,17)(H,18,20)(H,22,23)/t8-,10-,11-/m0/s1. The fraction of sp³-hybridized carbons (Fsp3) is 0.571. The number of nitrogens with zero attached hydrogens (tertiary/aromatic N) is 2. The maximum atomic E-state index is 12.5. The zero-order chi connectivity index (χ0) is 17.0. The van der Waals surface area contributed by atoms with E-state index in [-0.39, 0.29) is 12.3 Å². The molecule has 0 unspecified atom stereocenters. The molecule has 0 radical (unpaired) electrons. The molecule has 3 atom stereocenters. The predicted molar refractivity (Wildman–Crippen MR) is 80.2 cm³/mol. The summed E-state index contributed by atoms with van der Waals surface area (Å²) in [5.41, 5.74) is 6.60. The number of carboxylic acids is 1. The number of amides is 2. The first kappa shape index (κ1) is 16.9. The van der Waals surface area contributed by atoms with Gasteiger partial charge in [0.25, 0.3) is 0 Å². The van der Waals surface area contributed by atoms with Gasteiger partial charge in [-0.3, -0.25) is 14.4 Å². The largest absolute Gasteiger partial charge is 0.480 e. The average Bonchev–Trinajstić information content (AvgIpc) is 3.17. The van der Waals surface area contributed by atoms with E-state index in [2.05, 4.69) is 15.3 Å². The van der Waals surface area contributed by atoms with E-state index in [0.717, 1.165) is 0 Å². The van der Waals surface area contributed by atoms with Crippen molar-refractivity contribution in [3.63, 3.8) is 0 Å². The van der Waals surface area contributed by atoms with Gasteiger partial charge in [0.15, 0.2) is 0 Å². The summed E-state index contributed by atoms with van der Waals surface area (Å²) >= 11 is 0. The van der Waals surface area contributed by atoms with Gasteiger partial charge in [-0.2, -0.15) is 0 Å². The number of nitrogens with two attached hydrogens (primary N) is 1. The van der Waals surface area contributed by atoms with E-state index >= 15 is 0 Å². The van der Waals surface area contributed by atoms with Crippen LogP contribution in [0, 0.1) is 0 Å². The number of H-pyrrole nitrogens is 1. The normalized spacial score (nSPS) is 20.1. The summed E-state index contributed by atoms with van der Waals surface area (Å²) in [5.74, 6) is -1.91. The molecule has 2 amide bonds. The number of carbonyl (C=O) groups excluding carboxylic acids is 2. The first-order chi connectivity index (χ1) is 10.9. The van der Waals surface area contributed by atoms with Crippen molar-refractivity contribution in [1.82, 2.24) is 20.2 Å². The van der Waals surface area contributed by atoms with Crippen molar-refractivity contribution in [3.05, 3.63) is 18.2 Å². The monoisotopic (exact) mass is 323 g/mol. The van der Waals surface area contributed by atoms with Crippen molar-refractivity contribution in [1.29, 1.82) is 0 Å². The Labute approximate surface area is 133 Å². The van der Waals surface area contributed by atoms with Crippen molar-refractivity contribution in [2.75, 3.05) is 6.54 Å². The molecule has 0 aliphatic carbocycles. The smallest absolute Gasteiger partial charge is 0.325 e. The Balaban J connectivity index is 1.98. The van der Waals surface area contributed by atoms with E-state index in [4.69, 9.17) is 10.8 Å². The van der Waals surface area contributed by atoms with E-state index in [1.54, 1.807) is 6.20 Å². The second-order valence-corrected chi connectivity index (χ2v) is 5.63. The van der Waals surface area contributed by atoms with Crippen LogP contribution in [0.4, 0.5) is 0 Å². The van der Waals surface area contributed by atoms with Crippen LogP contribution in [-0.4, -0.2) is 62.4 Å². The van der Waals surface area contributed by atoms with Gasteiger partial charge in [-0.1, -0.05) is 0 Å². The molecule has 2 heterocycles. The van der Waals surface area contributed by atoms with Crippen LogP contribution in [0.1, 0.15) is 25.5 Å². The van der Waals surface area contributed by atoms with Crippen LogP contribution in [0.2, 0.25) is 0 Å². The van der Waals surface area contributed by atoms with Crippen LogP contribution in [0.5, 0.6) is 0 Å². The lowest BCUT2D eigenvalue weighted by atomic mass is 10.1. The highest BCUT2D eigenvalue weighted by molar-refractivity contribution is 5.92. The number of aromatic nitrogens is 2. The molecular formula is C14H21N5O4. The summed E-state index contributed by atoms with van der Waals surface area (Å²) in [4.78, 5) is 43.7. The lowest BCUT2D eigenvalue weighted by Gasteiger charge is -2.27. The van der Waals surface area contributed by atoms with E-state index in [9.17, 15) is 14.4 Å². The highest BCUT2D eigenvalue weighted by Gasteiger charge is 2.37. The molecule has 23 heavy (non-hydrogen) atoms. The molecule has 1 aromatic rings. The van der Waals surface area contributed by atoms with Crippen LogP contribution in [0.3, 0.4) is 0 Å². The third-order valence-corrected chi connectivity index (χ3v) is 3.87. The lowest BCUT2D eigenvalue weighted by Crippen LogP contribution is -2.53. The molecule has 2 rings (SSSR count). The van der Waals surface area contributed by atoms with E-state index < -0.39 is 30.0 Å². The maximum absolute atomic E-state index is 12.5. The number of rotatable bonds is 6. The van der Waals surface area contributed by atoms with Gasteiger partial charge in [-0.25, -0.2) is 4.98 Å². The molecule has 0 spiro atoms. The number of likely N-dealkylation sites (tertiary alicyclic amines) is 1. The Kier molecular flexibility index (Phi) is 5.32. The summed E-state index contributed by atoms with van der Waals surface area (Å²) in [7, 11) is 0. The quantitative estimate of drug-likeness (QED) is 0.521. The number of carbonyl (C=O) groups is 3. The molecule has 0 aromatic carbocycles. The molecule has 0 saturated carbocycles. The fourth-order valence-electron chi connectivity index (χ4n) is 2.60. The van der Waals surface area contributed by atoms with Gasteiger partial charge < -0.3 is 26.0 Å². The second-order valence-electron chi connectivity index (χ2n) is 5.63. The lowest BCUT2D eigenvalue weighted by molar-refractivity contribution is -0.143. The van der Waals surface area contributed by atoms with Gasteiger partial charge in [-0.15, -0.1) is 0 Å². The van der Waals surface area contributed by atoms with Gasteiger partial charge in [0, 0.05) is 19.2 Å². The van der Waals surface area contributed by atoms with Crippen molar-refractivity contribution in [3.8, 4) is 0 Å². The Morgan fingerprint density at radius 1 is 1.57 bits per heavy atom. The van der Waals surface area contributed by atoms with E-state index in [0.29, 0.717) is 25.1 Å². The second kappa shape index (κ2) is 7.23. The van der Waals surface area contributed by atoms with Crippen LogP contribution in [0.25, 0.3) is 0 Å². The molecule has 9 nitrogen and oxygen atoms in total. The number of carboxylic acid groups (broad SMARTS) is 1. The molecule has 5 N–H and O–H groups in total. The summed E-state index contributed by atoms with van der Waals surface area (Å²) < 4.78 is 0. The Bertz CT molecular complexity index is 574. The molecule has 1 aliphatic rings. The van der Waals surface area contributed by atoms with Crippen molar-refractivity contribution in [2.24, 2.45) is 5.73 Å². The Morgan fingerprint density at radius 3 is 2.91 bits per heavy atom. The Hall–Kier alpha value is -2.42. The number of aliphatic carboxylic acids is 1. The molecular weight excluding hydrogens is 302 g/mol. The summed E-state index contributed by atoms with van der Waals surface area (Å²) in [6, 6.07) is -2.46. The van der Waals surface area contributed by atoms with Crippen LogP contribution in [0.15, 0.2) is 12.5 Å². The number of imidazole rings is 1. The third-order valence-electron chi connectivity index (χ3n) is 3.87. The topological polar surface area (TPSA) is 141 Å². The van der Waals surface area contributed by atoms with Gasteiger partial charge in [-0.05, 0) is 19.8 Å². The SMILES string of the molecule is C[C@H](NC(=O)[C@@H]1CCCN1C(=O)[C@@H](N)Cc1c[nH]cn1)C(=O)O. The van der Waals surface area contributed by atoms with Crippen molar-refractivity contribution in [2.45, 2.75) is 44.3 Å². The highest BCUT2D eigenvalue weighted by atomic mass is 16.4. The number of hydrogen-bond donors (Lipinski definition) is 4. The minimum atomic E-state index is -1.12. The van der Waals surface area contributed by atoms with Crippen LogP contribution in [-0.2, 0) is 20.8 Å². The fourth-order valence-corrected chi connectivity index (χ4v) is 2.60. The number of aromatic amines is 1. The zero-order valence-electron chi connectivity index (χ0n) is 12.9. The van der Waals surface area contributed by atoms with Gasteiger partial charge in [0.05, 0.1) is 18.1 Å². The van der Waals surface area contributed by atoms with E-state index in [1.807, 2.05) is 0 Å². The molecule has 1 saturated heterocycles. The van der Waals surface area contributed by atoms with Crippen molar-refractivity contribution < 1.29 is 19.5 Å². The maximum Gasteiger partial charge on any atom is 0.325 e. The minimum Gasteiger partial charge on any atom is -0.480 e. The zero-order valence-corrected chi connectivity index (χ0v) is 12.9. The predicted octanol–water partition coefficient (Wildman–Crippen LogP) is -1.14. The first-order valence-corrected chi connectivity index (χ1v) is 7.47. The van der Waals surface area contributed by atoms with E-state index in [1.165, 1.54) is 18.2 Å². The van der Waals surface area contributed by atoms with Crippen molar-refractivity contribution >= 4 is 17.8 Å². The molecule has 9 heteroatoms. The molecule has 126 valence electrons. The van der Waals surface area contributed by atoms with Gasteiger partial charge in [0.2, 0.25) is 11.8 Å². The molecule has 0 bridgehead atoms. The summed E-state index contributed by atoms with van der Waals surface area (Å²) in [6.07, 6.45) is 4.62. The highest BCUT2D eigenvalue weighted by Crippen LogP contribution is 2.19. The minimum absolute atomic E-state index is 0.276.